The van der Waals surface area contributed by atoms with Gasteiger partial charge in [0.05, 0.1) is 11.1 Å². The van der Waals surface area contributed by atoms with Gasteiger partial charge in [-0.05, 0) is 36.4 Å². The lowest BCUT2D eigenvalue weighted by molar-refractivity contribution is 0.0686. The second kappa shape index (κ2) is 6.47. The van der Waals surface area contributed by atoms with Crippen molar-refractivity contribution < 1.29 is 29.1 Å². The van der Waals surface area contributed by atoms with Gasteiger partial charge in [-0.1, -0.05) is 12.1 Å². The SMILES string of the molecule is O=C(O)c1cccc(OBOc2cccc(C(=O)O)c2)c1. The molecule has 0 amide bonds. The van der Waals surface area contributed by atoms with Gasteiger partial charge in [-0.3, -0.25) is 0 Å². The Balaban J connectivity index is 1.95. The van der Waals surface area contributed by atoms with E-state index in [9.17, 15) is 9.59 Å². The maximum absolute atomic E-state index is 10.8. The maximum atomic E-state index is 10.8. The van der Waals surface area contributed by atoms with Crippen molar-refractivity contribution in [2.75, 3.05) is 0 Å². The monoisotopic (exact) mass is 286 g/mol. The summed E-state index contributed by atoms with van der Waals surface area (Å²) < 4.78 is 10.5. The predicted molar refractivity (Wildman–Crippen MR) is 75.2 cm³/mol. The van der Waals surface area contributed by atoms with Crippen molar-refractivity contribution in [2.24, 2.45) is 0 Å². The molecule has 0 aromatic heterocycles. The van der Waals surface area contributed by atoms with Gasteiger partial charge < -0.3 is 19.5 Å². The minimum Gasteiger partial charge on any atom is -0.528 e. The number of benzene rings is 2. The van der Waals surface area contributed by atoms with Gasteiger partial charge in [0.15, 0.2) is 0 Å². The zero-order valence-corrected chi connectivity index (χ0v) is 10.9. The average Bonchev–Trinajstić information content (AvgIpc) is 2.48. The van der Waals surface area contributed by atoms with Crippen molar-refractivity contribution >= 4 is 19.6 Å². The molecule has 2 aromatic carbocycles. The van der Waals surface area contributed by atoms with Gasteiger partial charge in [-0.25, -0.2) is 9.59 Å². The number of carboxylic acid groups (broad SMARTS) is 2. The number of rotatable bonds is 6. The van der Waals surface area contributed by atoms with E-state index in [4.69, 9.17) is 19.5 Å². The minimum atomic E-state index is -1.05. The molecule has 0 radical (unpaired) electrons. The Morgan fingerprint density at radius 3 is 1.62 bits per heavy atom. The highest BCUT2D eigenvalue weighted by Gasteiger charge is 2.07. The van der Waals surface area contributed by atoms with E-state index >= 15 is 0 Å². The van der Waals surface area contributed by atoms with E-state index in [1.54, 1.807) is 24.3 Å². The van der Waals surface area contributed by atoms with Gasteiger partial charge in [-0.15, -0.1) is 0 Å². The molecule has 2 aromatic rings. The van der Waals surface area contributed by atoms with E-state index in [2.05, 4.69) is 0 Å². The smallest absolute Gasteiger partial charge is 0.528 e. The first kappa shape index (κ1) is 14.5. The van der Waals surface area contributed by atoms with Gasteiger partial charge in [-0.2, -0.15) is 0 Å². The molecular formula is C14H11BO6. The molecule has 0 saturated carbocycles. The molecule has 2 rings (SSSR count). The number of carbonyl (C=O) groups is 2. The van der Waals surface area contributed by atoms with Gasteiger partial charge in [0.1, 0.15) is 11.5 Å². The topological polar surface area (TPSA) is 93.1 Å². The molecule has 0 aliphatic carbocycles. The molecule has 0 spiro atoms. The van der Waals surface area contributed by atoms with Gasteiger partial charge in [0, 0.05) is 0 Å². The molecule has 0 saturated heterocycles. The fraction of sp³-hybridized carbons (Fsp3) is 0. The van der Waals surface area contributed by atoms with Gasteiger partial charge in [0.25, 0.3) is 0 Å². The Morgan fingerprint density at radius 2 is 1.24 bits per heavy atom. The summed E-state index contributed by atoms with van der Waals surface area (Å²) in [6, 6.07) is 12.0. The van der Waals surface area contributed by atoms with Crippen LogP contribution >= 0.6 is 0 Å². The summed E-state index contributed by atoms with van der Waals surface area (Å²) in [6.45, 7) is 0. The van der Waals surface area contributed by atoms with Crippen molar-refractivity contribution in [1.29, 1.82) is 0 Å². The van der Waals surface area contributed by atoms with Crippen LogP contribution in [0.4, 0.5) is 0 Å². The van der Waals surface area contributed by atoms with E-state index in [-0.39, 0.29) is 18.8 Å². The maximum Gasteiger partial charge on any atom is 0.576 e. The molecule has 0 fully saturated rings. The quantitative estimate of drug-likeness (QED) is 0.786. The fourth-order valence-corrected chi connectivity index (χ4v) is 1.60. The molecule has 6 nitrogen and oxygen atoms in total. The highest BCUT2D eigenvalue weighted by molar-refractivity contribution is 6.20. The minimum absolute atomic E-state index is 0.111. The highest BCUT2D eigenvalue weighted by Crippen LogP contribution is 2.15. The second-order valence-corrected chi connectivity index (χ2v) is 4.07. The summed E-state index contributed by atoms with van der Waals surface area (Å²) in [6.07, 6.45) is 0. The van der Waals surface area contributed by atoms with E-state index in [0.717, 1.165) is 0 Å². The lowest BCUT2D eigenvalue weighted by Gasteiger charge is -2.08. The summed E-state index contributed by atoms with van der Waals surface area (Å²) in [7, 11) is -0.161. The summed E-state index contributed by atoms with van der Waals surface area (Å²) in [5.41, 5.74) is 0.223. The molecule has 0 unspecified atom stereocenters. The zero-order valence-electron chi connectivity index (χ0n) is 10.9. The number of aromatic carboxylic acids is 2. The van der Waals surface area contributed by atoms with Crippen LogP contribution in [0.25, 0.3) is 0 Å². The molecule has 7 heteroatoms. The Labute approximate surface area is 120 Å². The first-order valence-corrected chi connectivity index (χ1v) is 5.98. The Hall–Kier alpha value is -2.96. The van der Waals surface area contributed by atoms with E-state index in [1.165, 1.54) is 24.3 Å². The first-order chi connectivity index (χ1) is 10.1. The van der Waals surface area contributed by atoms with E-state index < -0.39 is 11.9 Å². The predicted octanol–water partition coefficient (Wildman–Crippen LogP) is 1.81. The molecule has 2 N–H and O–H groups in total. The third-order valence-electron chi connectivity index (χ3n) is 2.61. The van der Waals surface area contributed by atoms with Crippen LogP contribution in [0.2, 0.25) is 0 Å². The number of hydrogen-bond donors (Lipinski definition) is 2. The van der Waals surface area contributed by atoms with Crippen LogP contribution < -0.4 is 9.31 Å². The van der Waals surface area contributed by atoms with Crippen LogP contribution in [0.5, 0.6) is 11.5 Å². The van der Waals surface area contributed by atoms with E-state index in [1.807, 2.05) is 0 Å². The molecule has 0 atom stereocenters. The normalized spacial score (nSPS) is 9.71. The first-order valence-electron chi connectivity index (χ1n) is 5.98. The molecule has 0 heterocycles. The number of carboxylic acids is 2. The second-order valence-electron chi connectivity index (χ2n) is 4.07. The van der Waals surface area contributed by atoms with Crippen molar-refractivity contribution in [3.05, 3.63) is 59.7 Å². The molecule has 0 aliphatic heterocycles. The summed E-state index contributed by atoms with van der Waals surface area (Å²) in [5.74, 6) is -1.39. The van der Waals surface area contributed by atoms with Crippen molar-refractivity contribution in [2.45, 2.75) is 0 Å². The Morgan fingerprint density at radius 1 is 0.810 bits per heavy atom. The zero-order chi connectivity index (χ0) is 15.2. The van der Waals surface area contributed by atoms with Crippen LogP contribution in [0.15, 0.2) is 48.5 Å². The van der Waals surface area contributed by atoms with Crippen molar-refractivity contribution in [3.8, 4) is 11.5 Å². The standard InChI is InChI=1S/C14H11BO6/c16-13(17)9-3-1-5-11(7-9)20-15-21-12-6-2-4-10(8-12)14(18)19/h1-8,15H,(H,16,17)(H,18,19). The lowest BCUT2D eigenvalue weighted by atomic mass is 10.2. The average molecular weight is 286 g/mol. The third-order valence-corrected chi connectivity index (χ3v) is 2.61. The van der Waals surface area contributed by atoms with Crippen LogP contribution in [0, 0.1) is 0 Å². The van der Waals surface area contributed by atoms with Crippen LogP contribution in [-0.4, -0.2) is 29.8 Å². The molecule has 21 heavy (non-hydrogen) atoms. The summed E-state index contributed by atoms with van der Waals surface area (Å²) >= 11 is 0. The van der Waals surface area contributed by atoms with Crippen molar-refractivity contribution in [1.82, 2.24) is 0 Å². The van der Waals surface area contributed by atoms with Gasteiger partial charge in [0.2, 0.25) is 0 Å². The largest absolute Gasteiger partial charge is 0.576 e. The molecular weight excluding hydrogens is 275 g/mol. The van der Waals surface area contributed by atoms with Crippen molar-refractivity contribution in [3.63, 3.8) is 0 Å². The third kappa shape index (κ3) is 4.00. The summed E-state index contributed by atoms with van der Waals surface area (Å²) in [5, 5.41) is 17.7. The molecule has 0 aliphatic rings. The van der Waals surface area contributed by atoms with Crippen LogP contribution in [-0.2, 0) is 0 Å². The molecule has 0 bridgehead atoms. The summed E-state index contributed by atoms with van der Waals surface area (Å²) in [4.78, 5) is 21.6. The lowest BCUT2D eigenvalue weighted by Crippen LogP contribution is -2.11. The van der Waals surface area contributed by atoms with E-state index in [0.29, 0.717) is 11.5 Å². The fourth-order valence-electron chi connectivity index (χ4n) is 1.60. The Kier molecular flexibility index (Phi) is 4.45. The number of hydrogen-bond acceptors (Lipinski definition) is 4. The Bertz CT molecular complexity index is 613. The molecule has 106 valence electrons. The van der Waals surface area contributed by atoms with Gasteiger partial charge >= 0.3 is 19.6 Å². The highest BCUT2D eigenvalue weighted by atomic mass is 16.6. The van der Waals surface area contributed by atoms with Crippen LogP contribution in [0.1, 0.15) is 20.7 Å². The van der Waals surface area contributed by atoms with Crippen LogP contribution in [0.3, 0.4) is 0 Å².